The summed E-state index contributed by atoms with van der Waals surface area (Å²) in [5.74, 6) is -2.15. The van der Waals surface area contributed by atoms with E-state index in [4.69, 9.17) is 0 Å². The molecule has 27 heavy (non-hydrogen) atoms. The van der Waals surface area contributed by atoms with E-state index in [9.17, 15) is 31.5 Å². The van der Waals surface area contributed by atoms with Gasteiger partial charge in [0.15, 0.2) is 20.6 Å². The van der Waals surface area contributed by atoms with Crippen molar-refractivity contribution in [2.24, 2.45) is 0 Å². The Hall–Kier alpha value is -2.63. The van der Waals surface area contributed by atoms with Crippen molar-refractivity contribution in [2.75, 3.05) is 11.6 Å². The number of carboxylic acid groups (broad SMARTS) is 1. The molecule has 2 rings (SSSR count). The van der Waals surface area contributed by atoms with Crippen LogP contribution in [-0.2, 0) is 16.0 Å². The molecule has 0 aromatic carbocycles. The molecular weight excluding hydrogens is 389 g/mol. The van der Waals surface area contributed by atoms with Crippen LogP contribution in [-0.4, -0.2) is 46.6 Å². The van der Waals surface area contributed by atoms with Crippen molar-refractivity contribution < 1.29 is 31.5 Å². The summed E-state index contributed by atoms with van der Waals surface area (Å²) in [6, 6.07) is 1.96. The summed E-state index contributed by atoms with van der Waals surface area (Å²) < 4.78 is 63.6. The lowest BCUT2D eigenvalue weighted by Crippen LogP contribution is -2.19. The van der Waals surface area contributed by atoms with Crippen molar-refractivity contribution >= 4 is 21.6 Å². The largest absolute Gasteiger partial charge is 0.477 e. The Labute approximate surface area is 152 Å². The minimum atomic E-state index is -5.00. The lowest BCUT2D eigenvalue weighted by Gasteiger charge is -2.15. The molecule has 0 saturated heterocycles. The first-order valence-corrected chi connectivity index (χ1v) is 9.62. The summed E-state index contributed by atoms with van der Waals surface area (Å²) in [4.78, 5) is 15.2. The number of nitrogens with zero attached hydrogens (tertiary/aromatic N) is 3. The number of aromatic carboxylic acids is 1. The van der Waals surface area contributed by atoms with E-state index in [1.165, 1.54) is 6.07 Å². The molecule has 2 N–H and O–H groups in total. The van der Waals surface area contributed by atoms with Gasteiger partial charge in [-0.3, -0.25) is 0 Å². The fraction of sp³-hybridized carbons (Fsp3) is 0.400. The molecule has 12 heteroatoms. The van der Waals surface area contributed by atoms with Crippen LogP contribution in [0.25, 0.3) is 5.69 Å². The molecule has 0 amide bonds. The predicted octanol–water partition coefficient (Wildman–Crippen LogP) is 2.60. The molecule has 0 saturated carbocycles. The Morgan fingerprint density at radius 3 is 2.41 bits per heavy atom. The highest BCUT2D eigenvalue weighted by Gasteiger charge is 2.42. The van der Waals surface area contributed by atoms with Gasteiger partial charge in [-0.1, -0.05) is 6.92 Å². The number of halogens is 3. The summed E-state index contributed by atoms with van der Waals surface area (Å²) >= 11 is 0. The number of alkyl halides is 3. The van der Waals surface area contributed by atoms with Gasteiger partial charge in [0.2, 0.25) is 0 Å². The Balaban J connectivity index is 2.72. The van der Waals surface area contributed by atoms with Crippen molar-refractivity contribution in [1.82, 2.24) is 14.8 Å². The van der Waals surface area contributed by atoms with Gasteiger partial charge in [-0.15, -0.1) is 0 Å². The molecule has 1 atom stereocenters. The predicted molar refractivity (Wildman–Crippen MR) is 89.8 cm³/mol. The maximum absolute atomic E-state index is 13.3. The van der Waals surface area contributed by atoms with Crippen LogP contribution < -0.4 is 5.32 Å². The SMILES string of the molecule is CCC(C)Nc1c(C(=O)O)c(C(F)(F)F)nn1-c1ccc(S(C)(=O)=O)nc1. The third-order valence-corrected chi connectivity index (χ3v) is 4.71. The second-order valence-corrected chi connectivity index (χ2v) is 7.83. The molecule has 0 aliphatic rings. The first kappa shape index (κ1) is 20.7. The fourth-order valence-electron chi connectivity index (χ4n) is 2.19. The number of pyridine rings is 1. The Bertz CT molecular complexity index is 953. The molecule has 0 fully saturated rings. The highest BCUT2D eigenvalue weighted by Crippen LogP contribution is 2.36. The van der Waals surface area contributed by atoms with E-state index in [0.717, 1.165) is 23.2 Å². The minimum Gasteiger partial charge on any atom is -0.477 e. The minimum absolute atomic E-state index is 0.0220. The number of nitrogens with one attached hydrogen (secondary N) is 1. The van der Waals surface area contributed by atoms with Crippen LogP contribution in [0, 0.1) is 0 Å². The van der Waals surface area contributed by atoms with E-state index < -0.39 is 33.2 Å². The van der Waals surface area contributed by atoms with E-state index >= 15 is 0 Å². The van der Waals surface area contributed by atoms with Crippen molar-refractivity contribution in [3.8, 4) is 5.69 Å². The van der Waals surface area contributed by atoms with Crippen LogP contribution in [0.5, 0.6) is 0 Å². The zero-order valence-corrected chi connectivity index (χ0v) is 15.4. The number of sulfone groups is 1. The Morgan fingerprint density at radius 2 is 2.00 bits per heavy atom. The number of aromatic nitrogens is 3. The number of carbonyl (C=O) groups is 1. The molecule has 0 aliphatic heterocycles. The van der Waals surface area contributed by atoms with Gasteiger partial charge in [-0.25, -0.2) is 22.9 Å². The number of hydrogen-bond acceptors (Lipinski definition) is 6. The first-order valence-electron chi connectivity index (χ1n) is 7.72. The van der Waals surface area contributed by atoms with Crippen LogP contribution in [0.2, 0.25) is 0 Å². The topological polar surface area (TPSA) is 114 Å². The molecule has 0 bridgehead atoms. The van der Waals surface area contributed by atoms with Crippen molar-refractivity contribution in [3.05, 3.63) is 29.6 Å². The molecule has 2 heterocycles. The molecule has 2 aromatic heterocycles. The van der Waals surface area contributed by atoms with Crippen molar-refractivity contribution in [1.29, 1.82) is 0 Å². The van der Waals surface area contributed by atoms with Gasteiger partial charge in [-0.05, 0) is 25.5 Å². The third-order valence-electron chi connectivity index (χ3n) is 3.71. The molecule has 8 nitrogen and oxygen atoms in total. The second-order valence-electron chi connectivity index (χ2n) is 5.87. The number of anilines is 1. The Morgan fingerprint density at radius 1 is 1.37 bits per heavy atom. The fourth-order valence-corrected chi connectivity index (χ4v) is 2.75. The van der Waals surface area contributed by atoms with Gasteiger partial charge in [0.1, 0.15) is 11.4 Å². The maximum atomic E-state index is 13.3. The quantitative estimate of drug-likeness (QED) is 0.758. The van der Waals surface area contributed by atoms with Crippen molar-refractivity contribution in [3.63, 3.8) is 0 Å². The highest BCUT2D eigenvalue weighted by molar-refractivity contribution is 7.90. The van der Waals surface area contributed by atoms with Crippen LogP contribution in [0.1, 0.15) is 36.3 Å². The highest BCUT2D eigenvalue weighted by atomic mass is 32.2. The van der Waals surface area contributed by atoms with Crippen LogP contribution in [0.15, 0.2) is 23.4 Å². The molecule has 0 aliphatic carbocycles. The van der Waals surface area contributed by atoms with E-state index in [2.05, 4.69) is 15.4 Å². The van der Waals surface area contributed by atoms with Crippen LogP contribution in [0.4, 0.5) is 19.0 Å². The van der Waals surface area contributed by atoms with E-state index in [1.54, 1.807) is 13.8 Å². The summed E-state index contributed by atoms with van der Waals surface area (Å²) in [6.45, 7) is 3.44. The van der Waals surface area contributed by atoms with E-state index in [-0.39, 0.29) is 22.6 Å². The molecule has 148 valence electrons. The molecule has 1 unspecified atom stereocenters. The average molecular weight is 406 g/mol. The van der Waals surface area contributed by atoms with Gasteiger partial charge < -0.3 is 10.4 Å². The van der Waals surface area contributed by atoms with Crippen LogP contribution >= 0.6 is 0 Å². The number of hydrogen-bond donors (Lipinski definition) is 2. The standard InChI is InChI=1S/C15H17F3N4O4S/c1-4-8(2)20-13-11(14(23)24)12(15(16,17)18)21-22(13)9-5-6-10(19-7-9)27(3,25)26/h5-8,20H,4H2,1-3H3,(H,23,24). The first-order chi connectivity index (χ1) is 12.4. The van der Waals surface area contributed by atoms with Crippen molar-refractivity contribution in [2.45, 2.75) is 37.5 Å². The molecule has 2 aromatic rings. The zero-order chi connectivity index (χ0) is 20.6. The normalized spacial score (nSPS) is 13.4. The average Bonchev–Trinajstić information content (AvgIpc) is 2.93. The van der Waals surface area contributed by atoms with Gasteiger partial charge in [0.25, 0.3) is 0 Å². The summed E-state index contributed by atoms with van der Waals surface area (Å²) in [6.07, 6.45) is -2.54. The summed E-state index contributed by atoms with van der Waals surface area (Å²) in [5, 5.41) is 15.2. The second kappa shape index (κ2) is 7.18. The zero-order valence-electron chi connectivity index (χ0n) is 14.6. The molecular formula is C15H17F3N4O4S. The summed E-state index contributed by atoms with van der Waals surface area (Å²) in [5.41, 5.74) is -2.60. The molecule has 0 spiro atoms. The smallest absolute Gasteiger partial charge is 0.436 e. The lowest BCUT2D eigenvalue weighted by molar-refractivity contribution is -0.141. The maximum Gasteiger partial charge on any atom is 0.436 e. The summed E-state index contributed by atoms with van der Waals surface area (Å²) in [7, 11) is -3.60. The lowest BCUT2D eigenvalue weighted by atomic mass is 10.2. The van der Waals surface area contributed by atoms with Gasteiger partial charge >= 0.3 is 12.1 Å². The van der Waals surface area contributed by atoms with Crippen LogP contribution in [0.3, 0.4) is 0 Å². The number of carboxylic acids is 1. The van der Waals surface area contributed by atoms with Gasteiger partial charge in [0.05, 0.1) is 11.9 Å². The van der Waals surface area contributed by atoms with E-state index in [1.807, 2.05) is 0 Å². The third kappa shape index (κ3) is 4.38. The van der Waals surface area contributed by atoms with Gasteiger partial charge in [-0.2, -0.15) is 18.3 Å². The monoisotopic (exact) mass is 406 g/mol. The number of rotatable bonds is 6. The molecule has 0 radical (unpaired) electrons. The van der Waals surface area contributed by atoms with Gasteiger partial charge in [0, 0.05) is 12.3 Å². The van der Waals surface area contributed by atoms with E-state index in [0.29, 0.717) is 6.42 Å². The Kier molecular flexibility index (Phi) is 5.50.